The standard InChI is InChI=1S/C33H35Cl2NO3/c1-4-37-32-8-6-5-7-29(32)25-11-14-28(23(3)19-25)26(21-36)20-24-9-12-27(13-10-24)38-15-16-39-33-30(34)17-22(2)18-31(33)35/h5-14,17-19,26H,4,15-16,20-21,36H2,1-3H3/p+1. The number of ether oxygens (including phenoxy) is 3. The van der Waals surface area contributed by atoms with Crippen LogP contribution in [-0.2, 0) is 6.42 Å². The predicted molar refractivity (Wildman–Crippen MR) is 161 cm³/mol. The number of benzene rings is 4. The minimum Gasteiger partial charge on any atom is -0.493 e. The van der Waals surface area contributed by atoms with Crippen LogP contribution < -0.4 is 19.9 Å². The summed E-state index contributed by atoms with van der Waals surface area (Å²) in [6.45, 7) is 8.32. The molecule has 4 nitrogen and oxygen atoms in total. The second-order valence-electron chi connectivity index (χ2n) is 9.59. The molecule has 39 heavy (non-hydrogen) atoms. The lowest BCUT2D eigenvalue weighted by Crippen LogP contribution is -2.53. The number of para-hydroxylation sites is 1. The Morgan fingerprint density at radius 1 is 0.795 bits per heavy atom. The summed E-state index contributed by atoms with van der Waals surface area (Å²) in [5, 5.41) is 1.01. The van der Waals surface area contributed by atoms with Gasteiger partial charge in [-0.25, -0.2) is 0 Å². The Morgan fingerprint density at radius 3 is 2.15 bits per heavy atom. The molecule has 4 aromatic carbocycles. The highest BCUT2D eigenvalue weighted by atomic mass is 35.5. The maximum absolute atomic E-state index is 6.25. The third-order valence-electron chi connectivity index (χ3n) is 6.70. The second kappa shape index (κ2) is 13.7. The summed E-state index contributed by atoms with van der Waals surface area (Å²) in [6.07, 6.45) is 0.910. The van der Waals surface area contributed by atoms with E-state index in [1.807, 2.05) is 50.2 Å². The number of rotatable bonds is 12. The Hall–Kier alpha value is -3.18. The zero-order chi connectivity index (χ0) is 27.8. The van der Waals surface area contributed by atoms with Gasteiger partial charge in [-0.1, -0.05) is 71.7 Å². The van der Waals surface area contributed by atoms with E-state index < -0.39 is 0 Å². The van der Waals surface area contributed by atoms with Crippen LogP contribution in [0.3, 0.4) is 0 Å². The fourth-order valence-electron chi connectivity index (χ4n) is 4.79. The zero-order valence-electron chi connectivity index (χ0n) is 22.8. The molecule has 0 spiro atoms. The Morgan fingerprint density at radius 2 is 1.49 bits per heavy atom. The van der Waals surface area contributed by atoms with E-state index in [9.17, 15) is 0 Å². The van der Waals surface area contributed by atoms with Crippen molar-refractivity contribution in [1.82, 2.24) is 0 Å². The first-order chi connectivity index (χ1) is 18.9. The molecule has 0 aliphatic heterocycles. The molecule has 4 aromatic rings. The van der Waals surface area contributed by atoms with Gasteiger partial charge < -0.3 is 19.9 Å². The highest BCUT2D eigenvalue weighted by molar-refractivity contribution is 6.37. The van der Waals surface area contributed by atoms with Crippen molar-refractivity contribution in [3.8, 4) is 28.4 Å². The zero-order valence-corrected chi connectivity index (χ0v) is 24.3. The fraction of sp³-hybridized carbons (Fsp3) is 0.273. The third kappa shape index (κ3) is 7.48. The van der Waals surface area contributed by atoms with Crippen LogP contribution in [0.4, 0.5) is 0 Å². The van der Waals surface area contributed by atoms with Gasteiger partial charge in [-0.2, -0.15) is 0 Å². The highest BCUT2D eigenvalue weighted by Crippen LogP contribution is 2.35. The Labute approximate surface area is 241 Å². The molecule has 1 atom stereocenters. The van der Waals surface area contributed by atoms with Gasteiger partial charge in [-0.05, 0) is 85.3 Å². The largest absolute Gasteiger partial charge is 0.493 e. The number of hydrogen-bond donors (Lipinski definition) is 1. The van der Waals surface area contributed by atoms with Crippen LogP contribution in [0.2, 0.25) is 10.0 Å². The van der Waals surface area contributed by atoms with Crippen molar-refractivity contribution >= 4 is 23.2 Å². The lowest BCUT2D eigenvalue weighted by Gasteiger charge is -2.18. The quantitative estimate of drug-likeness (QED) is 0.179. The van der Waals surface area contributed by atoms with Crippen LogP contribution in [0.1, 0.15) is 35.1 Å². The first-order valence-electron chi connectivity index (χ1n) is 13.3. The molecule has 4 rings (SSSR count). The van der Waals surface area contributed by atoms with E-state index >= 15 is 0 Å². The molecule has 0 aliphatic carbocycles. The molecule has 0 aromatic heterocycles. The molecule has 0 radical (unpaired) electrons. The topological polar surface area (TPSA) is 55.3 Å². The third-order valence-corrected chi connectivity index (χ3v) is 7.26. The molecule has 0 saturated carbocycles. The number of hydrogen-bond acceptors (Lipinski definition) is 3. The lowest BCUT2D eigenvalue weighted by molar-refractivity contribution is -0.372. The summed E-state index contributed by atoms with van der Waals surface area (Å²) in [4.78, 5) is 0. The van der Waals surface area contributed by atoms with Gasteiger partial charge in [-0.15, -0.1) is 0 Å². The Kier molecular flexibility index (Phi) is 10.2. The molecular weight excluding hydrogens is 529 g/mol. The molecule has 204 valence electrons. The van der Waals surface area contributed by atoms with Gasteiger partial charge >= 0.3 is 0 Å². The molecule has 0 amide bonds. The van der Waals surface area contributed by atoms with Gasteiger partial charge in [0.2, 0.25) is 0 Å². The molecular formula is C33H36Cl2NO3+. The van der Waals surface area contributed by atoms with Crippen LogP contribution in [0.5, 0.6) is 17.2 Å². The van der Waals surface area contributed by atoms with Gasteiger partial charge in [0.1, 0.15) is 24.7 Å². The van der Waals surface area contributed by atoms with Crippen LogP contribution in [0.25, 0.3) is 11.1 Å². The number of aryl methyl sites for hydroxylation is 2. The second-order valence-corrected chi connectivity index (χ2v) is 10.4. The summed E-state index contributed by atoms with van der Waals surface area (Å²) >= 11 is 12.5. The first-order valence-corrected chi connectivity index (χ1v) is 14.1. The number of halogens is 2. The van der Waals surface area contributed by atoms with Gasteiger partial charge in [0.05, 0.1) is 23.2 Å². The fourth-order valence-corrected chi connectivity index (χ4v) is 5.49. The molecule has 3 N–H and O–H groups in total. The van der Waals surface area contributed by atoms with Crippen molar-refractivity contribution in [2.45, 2.75) is 33.1 Å². The summed E-state index contributed by atoms with van der Waals surface area (Å²) in [7, 11) is 0. The van der Waals surface area contributed by atoms with Gasteiger partial charge in [-0.3, -0.25) is 0 Å². The summed E-state index contributed by atoms with van der Waals surface area (Å²) in [5.74, 6) is 2.52. The van der Waals surface area contributed by atoms with Crippen molar-refractivity contribution < 1.29 is 19.9 Å². The van der Waals surface area contributed by atoms with E-state index in [2.05, 4.69) is 55.1 Å². The SMILES string of the molecule is CCOc1ccccc1-c1ccc(C(C[NH3+])Cc2ccc(OCCOc3c(Cl)cc(C)cc3Cl)cc2)c(C)c1. The summed E-state index contributed by atoms with van der Waals surface area (Å²) in [5.41, 5.74) is 11.4. The average molecular weight is 566 g/mol. The molecule has 0 bridgehead atoms. The van der Waals surface area contributed by atoms with Crippen LogP contribution in [-0.4, -0.2) is 26.4 Å². The van der Waals surface area contributed by atoms with Gasteiger partial charge in [0.15, 0.2) is 5.75 Å². The van der Waals surface area contributed by atoms with Crippen molar-refractivity contribution in [1.29, 1.82) is 0 Å². The van der Waals surface area contributed by atoms with Crippen molar-refractivity contribution in [2.24, 2.45) is 0 Å². The van der Waals surface area contributed by atoms with Gasteiger partial charge in [0.25, 0.3) is 0 Å². The lowest BCUT2D eigenvalue weighted by atomic mass is 9.87. The number of quaternary nitrogens is 1. The van der Waals surface area contributed by atoms with E-state index in [1.54, 1.807) is 0 Å². The van der Waals surface area contributed by atoms with Crippen LogP contribution >= 0.6 is 23.2 Å². The van der Waals surface area contributed by atoms with E-state index in [1.165, 1.54) is 22.3 Å². The van der Waals surface area contributed by atoms with Crippen molar-refractivity contribution in [2.75, 3.05) is 26.4 Å². The first kappa shape index (κ1) is 28.8. The Bertz CT molecular complexity index is 1370. The molecule has 6 heteroatoms. The predicted octanol–water partition coefficient (Wildman–Crippen LogP) is 7.70. The maximum Gasteiger partial charge on any atom is 0.156 e. The molecule has 0 heterocycles. The van der Waals surface area contributed by atoms with Crippen LogP contribution in [0, 0.1) is 13.8 Å². The normalized spacial score (nSPS) is 11.7. The van der Waals surface area contributed by atoms with Gasteiger partial charge in [0, 0.05) is 11.5 Å². The monoisotopic (exact) mass is 564 g/mol. The average Bonchev–Trinajstić information content (AvgIpc) is 2.92. The van der Waals surface area contributed by atoms with Crippen LogP contribution in [0.15, 0.2) is 78.9 Å². The van der Waals surface area contributed by atoms with E-state index in [0.717, 1.165) is 35.6 Å². The Balaban J connectivity index is 1.35. The molecule has 0 saturated heterocycles. The minimum atomic E-state index is 0.324. The van der Waals surface area contributed by atoms with Crippen molar-refractivity contribution in [3.05, 3.63) is 111 Å². The molecule has 0 fully saturated rings. The van der Waals surface area contributed by atoms with E-state index in [4.69, 9.17) is 37.4 Å². The van der Waals surface area contributed by atoms with Crippen molar-refractivity contribution in [3.63, 3.8) is 0 Å². The maximum atomic E-state index is 6.25. The highest BCUT2D eigenvalue weighted by Gasteiger charge is 2.17. The van der Waals surface area contributed by atoms with E-state index in [0.29, 0.717) is 41.5 Å². The summed E-state index contributed by atoms with van der Waals surface area (Å²) in [6, 6.07) is 26.8. The minimum absolute atomic E-state index is 0.324. The summed E-state index contributed by atoms with van der Waals surface area (Å²) < 4.78 is 17.5. The van der Waals surface area contributed by atoms with E-state index in [-0.39, 0.29) is 0 Å². The smallest absolute Gasteiger partial charge is 0.156 e. The molecule has 0 aliphatic rings. The molecule has 1 unspecified atom stereocenters.